The Morgan fingerprint density at radius 3 is 2.73 bits per heavy atom. The highest BCUT2D eigenvalue weighted by molar-refractivity contribution is 8.07. The Morgan fingerprint density at radius 1 is 1.12 bits per heavy atom. The molecule has 4 rings (SSSR count). The van der Waals surface area contributed by atoms with Crippen LogP contribution in [0, 0.1) is 0 Å². The molecule has 0 saturated carbocycles. The van der Waals surface area contributed by atoms with E-state index < -0.39 is 0 Å². The average Bonchev–Trinajstić information content (AvgIpc) is 2.67. The normalized spacial score (nSPS) is 26.7. The molecule has 1 saturated heterocycles. The third kappa shape index (κ3) is 3.28. The molecule has 2 heterocycles. The minimum absolute atomic E-state index is 0.0734. The van der Waals surface area contributed by atoms with Gasteiger partial charge in [-0.15, -0.1) is 17.9 Å². The Labute approximate surface area is 163 Å². The van der Waals surface area contributed by atoms with Crippen LogP contribution in [0.1, 0.15) is 5.56 Å². The molecule has 0 spiro atoms. The minimum Gasteiger partial charge on any atom is -0.489 e. The molecule has 1 aliphatic carbocycles. The minimum atomic E-state index is 0.0734. The number of rotatable bonds is 3. The first-order chi connectivity index (χ1) is 12.7. The zero-order valence-corrected chi connectivity index (χ0v) is 19.5. The van der Waals surface area contributed by atoms with Crippen LogP contribution in [0.3, 0.4) is 0 Å². The van der Waals surface area contributed by atoms with Crippen LogP contribution in [0.5, 0.6) is 5.75 Å². The predicted octanol–water partition coefficient (Wildman–Crippen LogP) is 3.06. The number of ether oxygens (including phenoxy) is 2. The highest BCUT2D eigenvalue weighted by Crippen LogP contribution is 2.49. The molecule has 0 radical (unpaired) electrons. The standard InChI is InChI=1S/C18H26N2O2P4/c1-19-7-9-21-17-11(19)3-5-13(25-23)15(17)16-14(26-24)6-4-12-18(16)22-10-8-20(12)2/h3-6,11,17,25-26H,7-10,23-24H2,1-2H3/t11?,17-/m0/s1. The largest absolute Gasteiger partial charge is 0.489 e. The number of hydrogen-bond acceptors (Lipinski definition) is 4. The second kappa shape index (κ2) is 8.13. The van der Waals surface area contributed by atoms with E-state index in [1.165, 1.54) is 27.4 Å². The highest BCUT2D eigenvalue weighted by atomic mass is 32.0. The van der Waals surface area contributed by atoms with Gasteiger partial charge >= 0.3 is 0 Å². The van der Waals surface area contributed by atoms with Crippen molar-refractivity contribution in [2.45, 2.75) is 12.1 Å². The lowest BCUT2D eigenvalue weighted by Gasteiger charge is -2.42. The summed E-state index contributed by atoms with van der Waals surface area (Å²) in [5, 5.41) is 2.70. The van der Waals surface area contributed by atoms with Crippen molar-refractivity contribution in [1.29, 1.82) is 0 Å². The van der Waals surface area contributed by atoms with E-state index in [2.05, 4.69) is 66.0 Å². The average molecular weight is 426 g/mol. The van der Waals surface area contributed by atoms with Crippen LogP contribution < -0.4 is 14.9 Å². The smallest absolute Gasteiger partial charge is 0.150 e. The van der Waals surface area contributed by atoms with E-state index in [9.17, 15) is 0 Å². The van der Waals surface area contributed by atoms with E-state index in [4.69, 9.17) is 9.47 Å². The fourth-order valence-electron chi connectivity index (χ4n) is 3.96. The topological polar surface area (TPSA) is 24.9 Å². The van der Waals surface area contributed by atoms with Crippen LogP contribution >= 0.6 is 34.4 Å². The van der Waals surface area contributed by atoms with Gasteiger partial charge in [0, 0.05) is 24.7 Å². The molecule has 1 fully saturated rings. The number of benzene rings is 1. The van der Waals surface area contributed by atoms with Gasteiger partial charge in [-0.05, 0) is 23.7 Å². The molecule has 8 heteroatoms. The molecule has 26 heavy (non-hydrogen) atoms. The molecule has 0 aromatic heterocycles. The van der Waals surface area contributed by atoms with Crippen molar-refractivity contribution in [3.05, 3.63) is 35.2 Å². The Balaban J connectivity index is 1.93. The molecular formula is C18H26N2O2P4. The maximum absolute atomic E-state index is 6.34. The van der Waals surface area contributed by atoms with Crippen molar-refractivity contribution in [3.63, 3.8) is 0 Å². The maximum Gasteiger partial charge on any atom is 0.150 e. The number of allylic oxidation sites excluding steroid dienone is 2. The zero-order valence-electron chi connectivity index (χ0n) is 15.2. The lowest BCUT2D eigenvalue weighted by atomic mass is 9.88. The molecule has 1 aromatic rings. The Bertz CT molecular complexity index is 768. The van der Waals surface area contributed by atoms with E-state index in [1.807, 2.05) is 0 Å². The van der Waals surface area contributed by atoms with Gasteiger partial charge in [-0.2, -0.15) is 0 Å². The molecule has 3 aliphatic rings. The summed E-state index contributed by atoms with van der Waals surface area (Å²) in [6.07, 6.45) is 4.68. The van der Waals surface area contributed by atoms with Gasteiger partial charge in [0.05, 0.1) is 24.9 Å². The Kier molecular flexibility index (Phi) is 6.02. The third-order valence-corrected chi connectivity index (χ3v) is 8.74. The van der Waals surface area contributed by atoms with Crippen LogP contribution in [0.2, 0.25) is 0 Å². The molecule has 2 aliphatic heterocycles. The lowest BCUT2D eigenvalue weighted by molar-refractivity contribution is -0.0153. The van der Waals surface area contributed by atoms with E-state index in [-0.39, 0.29) is 6.10 Å². The number of morpholine rings is 1. The molecular weight excluding hydrogens is 400 g/mol. The van der Waals surface area contributed by atoms with Gasteiger partial charge in [-0.25, -0.2) is 0 Å². The van der Waals surface area contributed by atoms with Crippen molar-refractivity contribution in [2.75, 3.05) is 45.3 Å². The van der Waals surface area contributed by atoms with E-state index in [1.54, 1.807) is 0 Å². The van der Waals surface area contributed by atoms with Gasteiger partial charge in [-0.3, -0.25) is 4.90 Å². The predicted molar refractivity (Wildman–Crippen MR) is 123 cm³/mol. The summed E-state index contributed by atoms with van der Waals surface area (Å²) in [6, 6.07) is 4.76. The summed E-state index contributed by atoms with van der Waals surface area (Å²) in [4.78, 5) is 4.70. The van der Waals surface area contributed by atoms with Crippen LogP contribution in [0.25, 0.3) is 5.57 Å². The number of nitrogens with zero attached hydrogens (tertiary/aromatic N) is 2. The number of anilines is 1. The van der Waals surface area contributed by atoms with Crippen LogP contribution in [-0.4, -0.2) is 57.4 Å². The number of likely N-dealkylation sites (N-methyl/N-ethyl adjacent to an activating group) is 2. The van der Waals surface area contributed by atoms with E-state index in [0.717, 1.165) is 32.1 Å². The third-order valence-electron chi connectivity index (χ3n) is 5.40. The van der Waals surface area contributed by atoms with Crippen molar-refractivity contribution in [3.8, 4) is 5.75 Å². The summed E-state index contributed by atoms with van der Waals surface area (Å²) in [7, 11) is 11.5. The van der Waals surface area contributed by atoms with Gasteiger partial charge in [-0.1, -0.05) is 34.8 Å². The molecule has 140 valence electrons. The first-order valence-corrected chi connectivity index (χ1v) is 14.5. The van der Waals surface area contributed by atoms with Crippen molar-refractivity contribution >= 4 is 51.0 Å². The van der Waals surface area contributed by atoms with Crippen LogP contribution in [-0.2, 0) is 4.74 Å². The first-order valence-electron chi connectivity index (χ1n) is 8.84. The second-order valence-corrected chi connectivity index (χ2v) is 10.2. The van der Waals surface area contributed by atoms with Gasteiger partial charge in [0.15, 0.2) is 5.75 Å². The SMILES string of the molecule is CN1CCOc2c1ccc(PP)c2C1=C(PP)C=CC2[C@@H]1OCCN2C. The molecule has 6 atom stereocenters. The lowest BCUT2D eigenvalue weighted by Crippen LogP contribution is -2.50. The van der Waals surface area contributed by atoms with Gasteiger partial charge in [0.1, 0.15) is 12.7 Å². The first kappa shape index (κ1) is 19.3. The van der Waals surface area contributed by atoms with Crippen LogP contribution in [0.15, 0.2) is 29.6 Å². The molecule has 0 amide bonds. The summed E-state index contributed by atoms with van der Waals surface area (Å²) in [5.74, 6) is 1.04. The monoisotopic (exact) mass is 426 g/mol. The molecule has 1 aromatic carbocycles. The highest BCUT2D eigenvalue weighted by Gasteiger charge is 2.38. The Morgan fingerprint density at radius 2 is 1.96 bits per heavy atom. The number of hydrogen-bond donors (Lipinski definition) is 0. The zero-order chi connectivity index (χ0) is 18.3. The fraction of sp³-hybridized carbons (Fsp3) is 0.444. The van der Waals surface area contributed by atoms with Gasteiger partial charge in [0.2, 0.25) is 0 Å². The van der Waals surface area contributed by atoms with Gasteiger partial charge in [0.25, 0.3) is 0 Å². The van der Waals surface area contributed by atoms with E-state index >= 15 is 0 Å². The molecule has 0 bridgehead atoms. The molecule has 5 unspecified atom stereocenters. The Hall–Kier alpha value is -0.0600. The summed E-state index contributed by atoms with van der Waals surface area (Å²) in [5.41, 5.74) is 3.78. The van der Waals surface area contributed by atoms with Gasteiger partial charge < -0.3 is 14.4 Å². The van der Waals surface area contributed by atoms with Crippen molar-refractivity contribution in [2.24, 2.45) is 0 Å². The van der Waals surface area contributed by atoms with Crippen molar-refractivity contribution < 1.29 is 9.47 Å². The second-order valence-electron chi connectivity index (χ2n) is 6.84. The fourth-order valence-corrected chi connectivity index (χ4v) is 6.62. The molecule has 4 nitrogen and oxygen atoms in total. The maximum atomic E-state index is 6.34. The number of fused-ring (bicyclic) bond motifs is 2. The molecule has 0 N–H and O–H groups in total. The van der Waals surface area contributed by atoms with E-state index in [0.29, 0.717) is 22.6 Å². The summed E-state index contributed by atoms with van der Waals surface area (Å²) >= 11 is 0. The summed E-state index contributed by atoms with van der Waals surface area (Å²) in [6.45, 7) is 3.41. The quantitative estimate of drug-likeness (QED) is 0.694. The van der Waals surface area contributed by atoms with Crippen LogP contribution in [0.4, 0.5) is 5.69 Å². The summed E-state index contributed by atoms with van der Waals surface area (Å²) < 4.78 is 12.6. The van der Waals surface area contributed by atoms with Crippen molar-refractivity contribution in [1.82, 2.24) is 4.90 Å².